The summed E-state index contributed by atoms with van der Waals surface area (Å²) in [6, 6.07) is 0. The van der Waals surface area contributed by atoms with Gasteiger partial charge in [-0.15, -0.1) is 0 Å². The Balaban J connectivity index is 3.23. The monoisotopic (exact) mass is 444 g/mol. The lowest BCUT2D eigenvalue weighted by Gasteiger charge is -2.03. The lowest BCUT2D eigenvalue weighted by molar-refractivity contribution is -0.137. The maximum atomic E-state index is 10.4. The Morgan fingerprint density at radius 2 is 0.844 bits per heavy atom. The third-order valence-electron chi connectivity index (χ3n) is 5.70. The van der Waals surface area contributed by atoms with Crippen LogP contribution >= 0.6 is 0 Å². The van der Waals surface area contributed by atoms with E-state index < -0.39 is 5.97 Å². The van der Waals surface area contributed by atoms with Crippen LogP contribution in [0.5, 0.6) is 0 Å². The van der Waals surface area contributed by atoms with Gasteiger partial charge in [-0.3, -0.25) is 4.79 Å². The second kappa shape index (κ2) is 27.5. The first-order valence-electron chi connectivity index (χ1n) is 13.6. The first-order chi connectivity index (χ1) is 15.8. The van der Waals surface area contributed by atoms with Crippen LogP contribution in [0.15, 0.2) is 48.6 Å². The SMILES string of the molecule is CCC/C=C/C/C=C/C/C=C/C/C=C/CCCCCCCCCCCCCCCC(=O)O. The number of hydrogen-bond acceptors (Lipinski definition) is 1. The third-order valence-corrected chi connectivity index (χ3v) is 5.70. The van der Waals surface area contributed by atoms with Crippen LogP contribution in [0.2, 0.25) is 0 Å². The van der Waals surface area contributed by atoms with Crippen molar-refractivity contribution >= 4 is 5.97 Å². The van der Waals surface area contributed by atoms with E-state index in [9.17, 15) is 4.79 Å². The standard InChI is InChI=1S/C30H52O2/c1-2-3-4-5-6-7-8-9-10-11-12-13-14-15-16-17-18-19-20-21-22-23-24-25-26-27-28-29-30(31)32/h4-5,7-8,10-11,13-14H,2-3,6,9,12,15-29H2,1H3,(H,31,32)/b5-4+,8-7+,11-10+,14-13+. The average Bonchev–Trinajstić information content (AvgIpc) is 2.78. The normalized spacial score (nSPS) is 12.3. The van der Waals surface area contributed by atoms with Gasteiger partial charge in [-0.1, -0.05) is 133 Å². The molecule has 1 N–H and O–H groups in total. The van der Waals surface area contributed by atoms with Crippen LogP contribution in [0.25, 0.3) is 0 Å². The first-order valence-corrected chi connectivity index (χ1v) is 13.6. The number of rotatable bonds is 24. The molecule has 0 rings (SSSR count). The molecule has 2 heteroatoms. The second-order valence-corrected chi connectivity index (χ2v) is 8.91. The topological polar surface area (TPSA) is 37.3 Å². The minimum absolute atomic E-state index is 0.337. The molecule has 0 amide bonds. The smallest absolute Gasteiger partial charge is 0.303 e. The highest BCUT2D eigenvalue weighted by molar-refractivity contribution is 5.66. The minimum atomic E-state index is -0.657. The van der Waals surface area contributed by atoms with Gasteiger partial charge in [0.05, 0.1) is 0 Å². The van der Waals surface area contributed by atoms with Crippen molar-refractivity contribution in [3.63, 3.8) is 0 Å². The first kappa shape index (κ1) is 30.4. The van der Waals surface area contributed by atoms with Crippen molar-refractivity contribution in [2.75, 3.05) is 0 Å². The Morgan fingerprint density at radius 3 is 1.25 bits per heavy atom. The highest BCUT2D eigenvalue weighted by atomic mass is 16.4. The number of allylic oxidation sites excluding steroid dienone is 8. The fourth-order valence-electron chi connectivity index (χ4n) is 3.70. The lowest BCUT2D eigenvalue weighted by Crippen LogP contribution is -1.93. The third kappa shape index (κ3) is 28.4. The van der Waals surface area contributed by atoms with E-state index in [4.69, 9.17) is 5.11 Å². The molecule has 0 fully saturated rings. The van der Waals surface area contributed by atoms with Crippen LogP contribution in [0.1, 0.15) is 135 Å². The van der Waals surface area contributed by atoms with Crippen molar-refractivity contribution in [2.45, 2.75) is 135 Å². The maximum Gasteiger partial charge on any atom is 0.303 e. The summed E-state index contributed by atoms with van der Waals surface area (Å²) in [5.41, 5.74) is 0. The molecule has 2 nitrogen and oxygen atoms in total. The van der Waals surface area contributed by atoms with Gasteiger partial charge in [-0.2, -0.15) is 0 Å². The van der Waals surface area contributed by atoms with Crippen LogP contribution in [0.4, 0.5) is 0 Å². The number of carboxylic acids is 1. The molecule has 0 saturated heterocycles. The van der Waals surface area contributed by atoms with Gasteiger partial charge in [0.25, 0.3) is 0 Å². The molecule has 0 aliphatic carbocycles. The molecule has 0 aromatic carbocycles. The van der Waals surface area contributed by atoms with Crippen molar-refractivity contribution in [1.82, 2.24) is 0 Å². The number of unbranched alkanes of at least 4 members (excludes halogenated alkanes) is 14. The largest absolute Gasteiger partial charge is 0.481 e. The molecule has 0 bridgehead atoms. The van der Waals surface area contributed by atoms with E-state index in [1.165, 1.54) is 89.9 Å². The van der Waals surface area contributed by atoms with Gasteiger partial charge in [0, 0.05) is 6.42 Å². The molecular formula is C30H52O2. The Hall–Kier alpha value is -1.57. The summed E-state index contributed by atoms with van der Waals surface area (Å²) >= 11 is 0. The van der Waals surface area contributed by atoms with Crippen molar-refractivity contribution < 1.29 is 9.90 Å². The predicted octanol–water partition coefficient (Wildman–Crippen LogP) is 10.1. The molecule has 0 atom stereocenters. The summed E-state index contributed by atoms with van der Waals surface area (Å²) < 4.78 is 0. The van der Waals surface area contributed by atoms with Crippen molar-refractivity contribution in [1.29, 1.82) is 0 Å². The van der Waals surface area contributed by atoms with Gasteiger partial charge in [0.15, 0.2) is 0 Å². The summed E-state index contributed by atoms with van der Waals surface area (Å²) in [5, 5.41) is 8.60. The van der Waals surface area contributed by atoms with E-state index in [2.05, 4.69) is 55.5 Å². The highest BCUT2D eigenvalue weighted by Gasteiger charge is 1.97. The van der Waals surface area contributed by atoms with Gasteiger partial charge in [-0.25, -0.2) is 0 Å². The zero-order chi connectivity index (χ0) is 23.4. The Labute approximate surface area is 200 Å². The Kier molecular flexibility index (Phi) is 26.1. The van der Waals surface area contributed by atoms with E-state index in [0.717, 1.165) is 32.1 Å². The molecule has 0 aliphatic heterocycles. The molecule has 0 aromatic heterocycles. The van der Waals surface area contributed by atoms with Crippen LogP contribution in [0.3, 0.4) is 0 Å². The zero-order valence-electron chi connectivity index (χ0n) is 21.1. The maximum absolute atomic E-state index is 10.4. The van der Waals surface area contributed by atoms with Gasteiger partial charge >= 0.3 is 5.97 Å². The van der Waals surface area contributed by atoms with Crippen molar-refractivity contribution in [3.05, 3.63) is 48.6 Å². The molecule has 0 radical (unpaired) electrons. The Bertz CT molecular complexity index is 499. The van der Waals surface area contributed by atoms with E-state index in [-0.39, 0.29) is 0 Å². The van der Waals surface area contributed by atoms with Crippen LogP contribution in [0, 0.1) is 0 Å². The Morgan fingerprint density at radius 1 is 0.500 bits per heavy atom. The highest BCUT2D eigenvalue weighted by Crippen LogP contribution is 2.13. The van der Waals surface area contributed by atoms with Gasteiger partial charge in [0.1, 0.15) is 0 Å². The van der Waals surface area contributed by atoms with Crippen molar-refractivity contribution in [3.8, 4) is 0 Å². The quantitative estimate of drug-likeness (QED) is 0.119. The van der Waals surface area contributed by atoms with E-state index >= 15 is 0 Å². The summed E-state index contributed by atoms with van der Waals surface area (Å²) in [4.78, 5) is 10.4. The molecular weight excluding hydrogens is 392 g/mol. The molecule has 0 saturated carbocycles. The average molecular weight is 445 g/mol. The van der Waals surface area contributed by atoms with Crippen LogP contribution in [-0.2, 0) is 4.79 Å². The van der Waals surface area contributed by atoms with E-state index in [0.29, 0.717) is 6.42 Å². The number of carboxylic acid groups (broad SMARTS) is 1. The molecule has 32 heavy (non-hydrogen) atoms. The van der Waals surface area contributed by atoms with Crippen LogP contribution in [-0.4, -0.2) is 11.1 Å². The molecule has 0 unspecified atom stereocenters. The van der Waals surface area contributed by atoms with Crippen LogP contribution < -0.4 is 0 Å². The second-order valence-electron chi connectivity index (χ2n) is 8.91. The summed E-state index contributed by atoms with van der Waals surface area (Å²) in [6.07, 6.45) is 42.1. The van der Waals surface area contributed by atoms with E-state index in [1.807, 2.05) is 0 Å². The lowest BCUT2D eigenvalue weighted by atomic mass is 10.0. The number of hydrogen-bond donors (Lipinski definition) is 1. The van der Waals surface area contributed by atoms with Gasteiger partial charge in [0.2, 0.25) is 0 Å². The zero-order valence-corrected chi connectivity index (χ0v) is 21.1. The van der Waals surface area contributed by atoms with E-state index in [1.54, 1.807) is 0 Å². The fraction of sp³-hybridized carbons (Fsp3) is 0.700. The fourth-order valence-corrected chi connectivity index (χ4v) is 3.70. The summed E-state index contributed by atoms with van der Waals surface area (Å²) in [5.74, 6) is -0.657. The predicted molar refractivity (Wildman–Crippen MR) is 142 cm³/mol. The van der Waals surface area contributed by atoms with Crippen molar-refractivity contribution in [2.24, 2.45) is 0 Å². The molecule has 0 heterocycles. The minimum Gasteiger partial charge on any atom is -0.481 e. The molecule has 0 aromatic rings. The van der Waals surface area contributed by atoms with Gasteiger partial charge in [-0.05, 0) is 44.9 Å². The number of carbonyl (C=O) groups is 1. The van der Waals surface area contributed by atoms with Gasteiger partial charge < -0.3 is 5.11 Å². The summed E-state index contributed by atoms with van der Waals surface area (Å²) in [7, 11) is 0. The summed E-state index contributed by atoms with van der Waals surface area (Å²) in [6.45, 7) is 2.21. The molecule has 184 valence electrons. The molecule has 0 spiro atoms. The molecule has 0 aliphatic rings. The number of aliphatic carboxylic acids is 1.